The number of hydrogen-bond donors (Lipinski definition) is 1. The molecule has 0 saturated carbocycles. The van der Waals surface area contributed by atoms with Gasteiger partial charge in [0.1, 0.15) is 0 Å². The molecule has 1 aromatic carbocycles. The Labute approximate surface area is 136 Å². The molecule has 124 valence electrons. The van der Waals surface area contributed by atoms with E-state index in [1.54, 1.807) is 11.0 Å². The van der Waals surface area contributed by atoms with Crippen LogP contribution in [0.5, 0.6) is 0 Å². The summed E-state index contributed by atoms with van der Waals surface area (Å²) in [6, 6.07) is 8.34. The van der Waals surface area contributed by atoms with Gasteiger partial charge < -0.3 is 14.4 Å². The molecule has 0 spiro atoms. The van der Waals surface area contributed by atoms with Gasteiger partial charge in [-0.25, -0.2) is 18.6 Å². The van der Waals surface area contributed by atoms with Crippen LogP contribution in [-0.4, -0.2) is 39.5 Å². The average molecular weight is 331 g/mol. The van der Waals surface area contributed by atoms with Crippen molar-refractivity contribution in [2.24, 2.45) is 0 Å². The highest BCUT2D eigenvalue weighted by Crippen LogP contribution is 2.32. The number of nitrogens with zero attached hydrogens (tertiary/aromatic N) is 3. The number of halogens is 2. The second-order valence-corrected chi connectivity index (χ2v) is 6.09. The molecule has 0 amide bonds. The molecule has 1 N–H and O–H groups in total. The molecular formula is C17H15F2N3O2. The molecule has 7 heteroatoms. The topological polar surface area (TPSA) is 57.8 Å². The summed E-state index contributed by atoms with van der Waals surface area (Å²) in [6.07, 6.45) is 2.11. The van der Waals surface area contributed by atoms with Gasteiger partial charge in [-0.1, -0.05) is 0 Å². The molecule has 1 aliphatic rings. The quantitative estimate of drug-likeness (QED) is 0.782. The van der Waals surface area contributed by atoms with E-state index in [1.165, 1.54) is 12.1 Å². The summed E-state index contributed by atoms with van der Waals surface area (Å²) in [5.74, 6) is -3.31. The molecule has 0 radical (unpaired) electrons. The summed E-state index contributed by atoms with van der Waals surface area (Å²) in [7, 11) is 0. The Morgan fingerprint density at radius 2 is 2.08 bits per heavy atom. The lowest BCUT2D eigenvalue weighted by atomic mass is 10.1. The maximum atomic E-state index is 13.8. The van der Waals surface area contributed by atoms with Gasteiger partial charge >= 0.3 is 5.97 Å². The number of anilines is 1. The number of alkyl halides is 2. The highest BCUT2D eigenvalue weighted by molar-refractivity contribution is 5.94. The number of carboxylic acid groups (broad SMARTS) is 1. The zero-order chi connectivity index (χ0) is 16.9. The zero-order valence-corrected chi connectivity index (χ0v) is 12.7. The Morgan fingerprint density at radius 1 is 1.25 bits per heavy atom. The van der Waals surface area contributed by atoms with Crippen LogP contribution in [0.3, 0.4) is 0 Å². The van der Waals surface area contributed by atoms with Gasteiger partial charge in [-0.2, -0.15) is 0 Å². The van der Waals surface area contributed by atoms with Gasteiger partial charge in [0.2, 0.25) is 0 Å². The van der Waals surface area contributed by atoms with Crippen LogP contribution in [0.2, 0.25) is 0 Å². The summed E-state index contributed by atoms with van der Waals surface area (Å²) >= 11 is 0. The fourth-order valence-electron chi connectivity index (χ4n) is 3.27. The van der Waals surface area contributed by atoms with Gasteiger partial charge in [-0.15, -0.1) is 0 Å². The molecule has 2 aromatic heterocycles. The van der Waals surface area contributed by atoms with E-state index in [0.717, 1.165) is 11.0 Å². The number of hydrogen-bond acceptors (Lipinski definition) is 3. The molecular weight excluding hydrogens is 316 g/mol. The molecule has 3 heterocycles. The highest BCUT2D eigenvalue weighted by Gasteiger charge is 2.36. The molecule has 0 bridgehead atoms. The van der Waals surface area contributed by atoms with Crippen LogP contribution < -0.4 is 4.90 Å². The van der Waals surface area contributed by atoms with Crippen molar-refractivity contribution in [2.45, 2.75) is 18.8 Å². The van der Waals surface area contributed by atoms with Gasteiger partial charge in [-0.05, 0) is 36.8 Å². The largest absolute Gasteiger partial charge is 0.478 e. The van der Waals surface area contributed by atoms with E-state index in [4.69, 9.17) is 5.11 Å². The molecule has 0 unspecified atom stereocenters. The van der Waals surface area contributed by atoms with Crippen LogP contribution in [0.25, 0.3) is 16.6 Å². The third kappa shape index (κ3) is 2.36. The van der Waals surface area contributed by atoms with Crippen molar-refractivity contribution < 1.29 is 18.7 Å². The van der Waals surface area contributed by atoms with Crippen LogP contribution >= 0.6 is 0 Å². The number of carbonyl (C=O) groups is 1. The van der Waals surface area contributed by atoms with Crippen molar-refractivity contribution in [3.63, 3.8) is 0 Å². The van der Waals surface area contributed by atoms with Gasteiger partial charge in [-0.3, -0.25) is 0 Å². The van der Waals surface area contributed by atoms with Gasteiger partial charge in [0, 0.05) is 19.2 Å². The summed E-state index contributed by atoms with van der Waals surface area (Å²) < 4.78 is 29.4. The predicted octanol–water partition coefficient (Wildman–Crippen LogP) is 3.42. The molecule has 0 atom stereocenters. The lowest BCUT2D eigenvalue weighted by molar-refractivity contribution is -0.0117. The van der Waals surface area contributed by atoms with Crippen LogP contribution in [-0.2, 0) is 0 Å². The first kappa shape index (κ1) is 14.9. The Balaban J connectivity index is 1.93. The Kier molecular flexibility index (Phi) is 3.19. The number of aromatic carboxylic acids is 1. The minimum absolute atomic E-state index is 0.114. The normalized spacial score (nSPS) is 17.5. The molecule has 0 aliphatic carbocycles. The van der Waals surface area contributed by atoms with Crippen molar-refractivity contribution in [3.05, 3.63) is 42.1 Å². The van der Waals surface area contributed by atoms with E-state index in [2.05, 4.69) is 4.98 Å². The number of rotatable bonds is 2. The number of benzene rings is 1. The average Bonchev–Trinajstić information content (AvgIpc) is 3.02. The summed E-state index contributed by atoms with van der Waals surface area (Å²) in [4.78, 5) is 17.3. The van der Waals surface area contributed by atoms with Crippen molar-refractivity contribution in [1.82, 2.24) is 9.38 Å². The van der Waals surface area contributed by atoms with Crippen LogP contribution in [0.15, 0.2) is 36.5 Å². The molecule has 1 fully saturated rings. The van der Waals surface area contributed by atoms with E-state index in [0.29, 0.717) is 24.3 Å². The standard InChI is InChI=1S/C17H15F2N3O2/c18-17(19)6-2-7-21(10-17)15-14-3-1-8-22(14)13-5-4-11(16(23)24)9-12(13)20-15/h1,3-5,8-9H,2,6-7,10H2,(H,23,24). The van der Waals surface area contributed by atoms with Crippen molar-refractivity contribution >= 4 is 28.3 Å². The van der Waals surface area contributed by atoms with Gasteiger partial charge in [0.05, 0.1) is 28.7 Å². The van der Waals surface area contributed by atoms with Crippen LogP contribution in [0, 0.1) is 0 Å². The molecule has 1 saturated heterocycles. The summed E-state index contributed by atoms with van der Waals surface area (Å²) in [5.41, 5.74) is 2.08. The Morgan fingerprint density at radius 3 is 2.83 bits per heavy atom. The van der Waals surface area contributed by atoms with Crippen molar-refractivity contribution in [1.29, 1.82) is 0 Å². The third-order valence-corrected chi connectivity index (χ3v) is 4.38. The first-order chi connectivity index (χ1) is 11.4. The van der Waals surface area contributed by atoms with E-state index >= 15 is 0 Å². The second-order valence-electron chi connectivity index (χ2n) is 6.09. The first-order valence-electron chi connectivity index (χ1n) is 7.71. The number of carboxylic acids is 1. The van der Waals surface area contributed by atoms with Gasteiger partial charge in [0.25, 0.3) is 5.92 Å². The highest BCUT2D eigenvalue weighted by atomic mass is 19.3. The SMILES string of the molecule is O=C(O)c1ccc2c(c1)nc(N1CCCC(F)(F)C1)c1cccn12. The minimum atomic E-state index is -2.73. The maximum absolute atomic E-state index is 13.8. The smallest absolute Gasteiger partial charge is 0.335 e. The Bertz CT molecular complexity index is 952. The lowest BCUT2D eigenvalue weighted by Crippen LogP contribution is -2.43. The lowest BCUT2D eigenvalue weighted by Gasteiger charge is -2.33. The van der Waals surface area contributed by atoms with E-state index < -0.39 is 11.9 Å². The van der Waals surface area contributed by atoms with Crippen LogP contribution in [0.1, 0.15) is 23.2 Å². The maximum Gasteiger partial charge on any atom is 0.335 e. The summed E-state index contributed by atoms with van der Waals surface area (Å²) in [6.45, 7) is 0.137. The fourth-order valence-corrected chi connectivity index (χ4v) is 3.27. The van der Waals surface area contributed by atoms with Crippen LogP contribution in [0.4, 0.5) is 14.6 Å². The van der Waals surface area contributed by atoms with Crippen molar-refractivity contribution in [3.8, 4) is 0 Å². The number of piperidine rings is 1. The second kappa shape index (κ2) is 5.15. The molecule has 24 heavy (non-hydrogen) atoms. The summed E-state index contributed by atoms with van der Waals surface area (Å²) in [5, 5.41) is 9.16. The van der Waals surface area contributed by atoms with E-state index in [9.17, 15) is 13.6 Å². The number of fused-ring (bicyclic) bond motifs is 3. The monoisotopic (exact) mass is 331 g/mol. The van der Waals surface area contributed by atoms with E-state index in [-0.39, 0.29) is 18.5 Å². The number of aromatic nitrogens is 2. The Hall–Kier alpha value is -2.70. The van der Waals surface area contributed by atoms with Gasteiger partial charge in [0.15, 0.2) is 5.82 Å². The third-order valence-electron chi connectivity index (χ3n) is 4.38. The van der Waals surface area contributed by atoms with Crippen molar-refractivity contribution in [2.75, 3.05) is 18.0 Å². The minimum Gasteiger partial charge on any atom is -0.478 e. The zero-order valence-electron chi connectivity index (χ0n) is 12.7. The molecule has 1 aliphatic heterocycles. The predicted molar refractivity (Wildman–Crippen MR) is 86.1 cm³/mol. The fraction of sp³-hybridized carbons (Fsp3) is 0.294. The first-order valence-corrected chi connectivity index (χ1v) is 7.71. The molecule has 4 rings (SSSR count). The van der Waals surface area contributed by atoms with E-state index in [1.807, 2.05) is 22.7 Å². The molecule has 5 nitrogen and oxygen atoms in total. The molecule has 3 aromatic rings.